The highest BCUT2D eigenvalue weighted by atomic mass is 16.3. The monoisotopic (exact) mass is 286 g/mol. The molecular formula is C18H26N2O. The molecular weight excluding hydrogens is 260 g/mol. The van der Waals surface area contributed by atoms with Gasteiger partial charge in [0.25, 0.3) is 0 Å². The molecule has 0 spiro atoms. The number of phenolic OH excluding ortho intramolecular Hbond substituents is 1. The molecule has 1 aliphatic carbocycles. The number of benzene rings is 1. The Bertz CT molecular complexity index is 516. The highest BCUT2D eigenvalue weighted by molar-refractivity contribution is 5.38. The van der Waals surface area contributed by atoms with Crippen LogP contribution in [0.3, 0.4) is 0 Å². The van der Waals surface area contributed by atoms with Crippen LogP contribution >= 0.6 is 0 Å². The predicted octanol–water partition coefficient (Wildman–Crippen LogP) is 2.94. The lowest BCUT2D eigenvalue weighted by Gasteiger charge is -2.47. The van der Waals surface area contributed by atoms with Gasteiger partial charge < -0.3 is 5.11 Å². The molecule has 2 unspecified atom stereocenters. The first kappa shape index (κ1) is 13.6. The molecule has 21 heavy (non-hydrogen) atoms. The zero-order valence-electron chi connectivity index (χ0n) is 12.8. The lowest BCUT2D eigenvalue weighted by Crippen LogP contribution is -2.55. The van der Waals surface area contributed by atoms with Crippen LogP contribution in [0, 0.1) is 0 Å². The summed E-state index contributed by atoms with van der Waals surface area (Å²) in [6.45, 7) is 4.95. The first-order valence-corrected chi connectivity index (χ1v) is 8.61. The van der Waals surface area contributed by atoms with Gasteiger partial charge in [-0.1, -0.05) is 12.5 Å². The minimum Gasteiger partial charge on any atom is -0.508 e. The first-order chi connectivity index (χ1) is 10.3. The fraction of sp³-hybridized carbons (Fsp3) is 0.667. The molecule has 114 valence electrons. The summed E-state index contributed by atoms with van der Waals surface area (Å²) in [7, 11) is 0. The van der Waals surface area contributed by atoms with E-state index in [4.69, 9.17) is 0 Å². The second-order valence-corrected chi connectivity index (χ2v) is 6.97. The fourth-order valence-corrected chi connectivity index (χ4v) is 4.60. The van der Waals surface area contributed by atoms with Crippen molar-refractivity contribution in [3.05, 3.63) is 29.3 Å². The Labute approximate surface area is 127 Å². The molecule has 0 aromatic heterocycles. The Hall–Kier alpha value is -1.06. The summed E-state index contributed by atoms with van der Waals surface area (Å²) in [5.41, 5.74) is 2.85. The van der Waals surface area contributed by atoms with Crippen molar-refractivity contribution in [1.29, 1.82) is 0 Å². The Morgan fingerprint density at radius 2 is 1.86 bits per heavy atom. The molecule has 1 aromatic carbocycles. The van der Waals surface area contributed by atoms with E-state index in [0.29, 0.717) is 11.8 Å². The summed E-state index contributed by atoms with van der Waals surface area (Å²) in [4.78, 5) is 5.40. The van der Waals surface area contributed by atoms with Crippen molar-refractivity contribution in [2.45, 2.75) is 50.6 Å². The predicted molar refractivity (Wildman–Crippen MR) is 84.6 cm³/mol. The average molecular weight is 286 g/mol. The van der Waals surface area contributed by atoms with Crippen LogP contribution < -0.4 is 0 Å². The van der Waals surface area contributed by atoms with Gasteiger partial charge in [-0.15, -0.1) is 0 Å². The normalized spacial score (nSPS) is 30.7. The molecule has 2 atom stereocenters. The lowest BCUT2D eigenvalue weighted by molar-refractivity contribution is 0.0227. The number of aryl methyl sites for hydroxylation is 1. The summed E-state index contributed by atoms with van der Waals surface area (Å²) in [5.74, 6) is 0.428. The highest BCUT2D eigenvalue weighted by Gasteiger charge is 2.34. The molecule has 1 N–H and O–H groups in total. The van der Waals surface area contributed by atoms with Crippen molar-refractivity contribution in [2.75, 3.05) is 26.2 Å². The van der Waals surface area contributed by atoms with Gasteiger partial charge >= 0.3 is 0 Å². The van der Waals surface area contributed by atoms with E-state index in [1.165, 1.54) is 75.8 Å². The molecule has 2 aliphatic heterocycles. The van der Waals surface area contributed by atoms with Crippen molar-refractivity contribution in [3.63, 3.8) is 0 Å². The van der Waals surface area contributed by atoms with Crippen molar-refractivity contribution in [1.82, 2.24) is 9.80 Å². The molecule has 0 radical (unpaired) electrons. The third-order valence-corrected chi connectivity index (χ3v) is 5.72. The molecule has 0 bridgehead atoms. The lowest BCUT2D eigenvalue weighted by atomic mass is 9.85. The highest BCUT2D eigenvalue weighted by Crippen LogP contribution is 2.37. The third-order valence-electron chi connectivity index (χ3n) is 5.72. The Kier molecular flexibility index (Phi) is 3.64. The molecule has 0 amide bonds. The van der Waals surface area contributed by atoms with Crippen LogP contribution in [0.5, 0.6) is 5.75 Å². The van der Waals surface area contributed by atoms with Crippen molar-refractivity contribution >= 4 is 0 Å². The van der Waals surface area contributed by atoms with Gasteiger partial charge in [-0.3, -0.25) is 9.80 Å². The van der Waals surface area contributed by atoms with Gasteiger partial charge in [0.2, 0.25) is 0 Å². The maximum Gasteiger partial charge on any atom is 0.115 e. The number of phenols is 1. The second kappa shape index (κ2) is 5.62. The summed E-state index contributed by atoms with van der Waals surface area (Å²) in [5, 5.41) is 9.87. The number of hydrogen-bond donors (Lipinski definition) is 1. The van der Waals surface area contributed by atoms with Crippen molar-refractivity contribution < 1.29 is 5.11 Å². The maximum atomic E-state index is 9.87. The Morgan fingerprint density at radius 1 is 0.952 bits per heavy atom. The smallest absolute Gasteiger partial charge is 0.115 e. The fourth-order valence-electron chi connectivity index (χ4n) is 4.60. The van der Waals surface area contributed by atoms with E-state index in [-0.39, 0.29) is 0 Å². The number of piperazine rings is 1. The van der Waals surface area contributed by atoms with E-state index in [0.717, 1.165) is 6.04 Å². The zero-order valence-corrected chi connectivity index (χ0v) is 12.8. The summed E-state index contributed by atoms with van der Waals surface area (Å²) >= 11 is 0. The number of hydrogen-bond acceptors (Lipinski definition) is 3. The van der Waals surface area contributed by atoms with Gasteiger partial charge in [-0.2, -0.15) is 0 Å². The molecule has 2 heterocycles. The molecule has 2 saturated heterocycles. The number of nitrogens with zero attached hydrogens (tertiary/aromatic N) is 2. The van der Waals surface area contributed by atoms with Gasteiger partial charge in [0.05, 0.1) is 0 Å². The van der Waals surface area contributed by atoms with E-state index in [9.17, 15) is 5.11 Å². The van der Waals surface area contributed by atoms with E-state index in [1.807, 2.05) is 12.1 Å². The summed E-state index contributed by atoms with van der Waals surface area (Å²) < 4.78 is 0. The second-order valence-electron chi connectivity index (χ2n) is 6.97. The average Bonchev–Trinajstić information content (AvgIpc) is 2.54. The zero-order chi connectivity index (χ0) is 14.2. The molecule has 4 rings (SSSR count). The van der Waals surface area contributed by atoms with Crippen molar-refractivity contribution in [3.8, 4) is 5.75 Å². The van der Waals surface area contributed by atoms with E-state index < -0.39 is 0 Å². The SMILES string of the molecule is Oc1ccc2c(c1)C(N1CCN3CCCCC3C1)CCC2. The van der Waals surface area contributed by atoms with Crippen LogP contribution in [0.1, 0.15) is 49.3 Å². The molecule has 3 aliphatic rings. The van der Waals surface area contributed by atoms with Crippen molar-refractivity contribution in [2.24, 2.45) is 0 Å². The Morgan fingerprint density at radius 3 is 2.81 bits per heavy atom. The van der Waals surface area contributed by atoms with Crippen LogP contribution in [0.15, 0.2) is 18.2 Å². The quantitative estimate of drug-likeness (QED) is 0.860. The van der Waals surface area contributed by atoms with E-state index >= 15 is 0 Å². The van der Waals surface area contributed by atoms with Crippen LogP contribution in [-0.2, 0) is 6.42 Å². The van der Waals surface area contributed by atoms with Gasteiger partial charge in [0, 0.05) is 31.7 Å². The summed E-state index contributed by atoms with van der Waals surface area (Å²) in [6, 6.07) is 7.31. The third kappa shape index (κ3) is 2.58. The maximum absolute atomic E-state index is 9.87. The standard InChI is InChI=1S/C18H26N2O/c21-16-8-7-14-4-3-6-18(17(14)12-16)20-11-10-19-9-2-1-5-15(19)13-20/h7-8,12,15,18,21H,1-6,9-11,13H2. The summed E-state index contributed by atoms with van der Waals surface area (Å²) in [6.07, 6.45) is 7.87. The van der Waals surface area contributed by atoms with Crippen LogP contribution in [0.25, 0.3) is 0 Å². The molecule has 2 fully saturated rings. The van der Waals surface area contributed by atoms with Gasteiger partial charge in [0.1, 0.15) is 5.75 Å². The minimum absolute atomic E-state index is 0.428. The van der Waals surface area contributed by atoms with E-state index in [2.05, 4.69) is 15.9 Å². The molecule has 0 saturated carbocycles. The largest absolute Gasteiger partial charge is 0.508 e. The van der Waals surface area contributed by atoms with Gasteiger partial charge in [-0.05, 0) is 61.9 Å². The van der Waals surface area contributed by atoms with Crippen LogP contribution in [0.4, 0.5) is 0 Å². The number of rotatable bonds is 1. The number of fused-ring (bicyclic) bond motifs is 2. The number of piperidine rings is 1. The van der Waals surface area contributed by atoms with E-state index in [1.54, 1.807) is 0 Å². The number of aromatic hydroxyl groups is 1. The Balaban J connectivity index is 1.56. The van der Waals surface area contributed by atoms with Crippen LogP contribution in [0.2, 0.25) is 0 Å². The van der Waals surface area contributed by atoms with Gasteiger partial charge in [-0.25, -0.2) is 0 Å². The first-order valence-electron chi connectivity index (χ1n) is 8.61. The van der Waals surface area contributed by atoms with Gasteiger partial charge in [0.15, 0.2) is 0 Å². The molecule has 3 heteroatoms. The molecule has 3 nitrogen and oxygen atoms in total. The molecule has 1 aromatic rings. The van der Waals surface area contributed by atoms with Crippen LogP contribution in [-0.4, -0.2) is 47.1 Å². The minimum atomic E-state index is 0.428. The topological polar surface area (TPSA) is 26.7 Å².